The fraction of sp³-hybridized carbons (Fsp3) is 0.250. The Labute approximate surface area is 148 Å². The van der Waals surface area contributed by atoms with Crippen LogP contribution in [0.1, 0.15) is 24.5 Å². The van der Waals surface area contributed by atoms with Crippen molar-refractivity contribution in [3.05, 3.63) is 71.8 Å². The van der Waals surface area contributed by atoms with E-state index in [0.717, 1.165) is 24.1 Å². The number of hydrogen-bond donors (Lipinski definition) is 2. The summed E-state index contributed by atoms with van der Waals surface area (Å²) in [5, 5.41) is 6.58. The molecule has 2 rings (SSSR count). The van der Waals surface area contributed by atoms with Gasteiger partial charge in [0.25, 0.3) is 0 Å². The number of rotatable bonds is 7. The molecule has 0 atom stereocenters. The summed E-state index contributed by atoms with van der Waals surface area (Å²) in [7, 11) is 0. The van der Waals surface area contributed by atoms with Gasteiger partial charge in [0.05, 0.1) is 0 Å². The van der Waals surface area contributed by atoms with Crippen LogP contribution >= 0.6 is 0 Å². The molecule has 2 amide bonds. The first-order valence-electron chi connectivity index (χ1n) is 8.34. The molecule has 25 heavy (non-hydrogen) atoms. The minimum atomic E-state index is -0.743. The van der Waals surface area contributed by atoms with Gasteiger partial charge in [-0.05, 0) is 37.3 Å². The van der Waals surface area contributed by atoms with Gasteiger partial charge in [-0.15, -0.1) is 0 Å². The summed E-state index contributed by atoms with van der Waals surface area (Å²) in [6, 6.07) is 19.8. The first kappa shape index (κ1) is 18.4. The zero-order valence-electron chi connectivity index (χ0n) is 14.4. The van der Waals surface area contributed by atoms with E-state index in [1.807, 2.05) is 67.6 Å². The highest BCUT2D eigenvalue weighted by atomic mass is 16.2. The van der Waals surface area contributed by atoms with Crippen molar-refractivity contribution in [1.29, 1.82) is 0 Å². The average molecular weight is 337 g/mol. The van der Waals surface area contributed by atoms with Gasteiger partial charge >= 0.3 is 11.8 Å². The molecule has 0 aliphatic heterocycles. The molecule has 2 aromatic carbocycles. The van der Waals surface area contributed by atoms with E-state index >= 15 is 0 Å². The molecule has 0 bridgehead atoms. The quantitative estimate of drug-likeness (QED) is 0.463. The molecule has 0 aliphatic rings. The lowest BCUT2D eigenvalue weighted by Crippen LogP contribution is -2.39. The first-order chi connectivity index (χ1) is 12.1. The van der Waals surface area contributed by atoms with Crippen LogP contribution in [-0.2, 0) is 22.4 Å². The largest absolute Gasteiger partial charge is 0.347 e. The van der Waals surface area contributed by atoms with Crippen molar-refractivity contribution in [2.45, 2.75) is 26.2 Å². The Bertz CT molecular complexity index is 712. The van der Waals surface area contributed by atoms with Crippen LogP contribution in [0.4, 0.5) is 0 Å². The maximum absolute atomic E-state index is 11.7. The minimum Gasteiger partial charge on any atom is -0.347 e. The van der Waals surface area contributed by atoms with Crippen LogP contribution < -0.4 is 10.7 Å². The Morgan fingerprint density at radius 3 is 2.00 bits per heavy atom. The van der Waals surface area contributed by atoms with Crippen LogP contribution in [0.15, 0.2) is 65.8 Å². The highest BCUT2D eigenvalue weighted by molar-refractivity contribution is 6.35. The molecule has 0 heterocycles. The highest BCUT2D eigenvalue weighted by Gasteiger charge is 2.11. The van der Waals surface area contributed by atoms with Crippen molar-refractivity contribution in [3.8, 4) is 0 Å². The summed E-state index contributed by atoms with van der Waals surface area (Å²) < 4.78 is 0. The molecule has 130 valence electrons. The van der Waals surface area contributed by atoms with E-state index in [1.165, 1.54) is 5.56 Å². The van der Waals surface area contributed by atoms with Gasteiger partial charge in [-0.3, -0.25) is 9.59 Å². The van der Waals surface area contributed by atoms with Gasteiger partial charge in [-0.25, -0.2) is 5.43 Å². The summed E-state index contributed by atoms with van der Waals surface area (Å²) >= 11 is 0. The molecule has 0 fully saturated rings. The van der Waals surface area contributed by atoms with Crippen LogP contribution in [0.2, 0.25) is 0 Å². The molecule has 0 aromatic heterocycles. The van der Waals surface area contributed by atoms with E-state index in [1.54, 1.807) is 0 Å². The van der Waals surface area contributed by atoms with Gasteiger partial charge in [0, 0.05) is 12.3 Å². The van der Waals surface area contributed by atoms with Gasteiger partial charge in [-0.2, -0.15) is 5.10 Å². The number of amides is 2. The number of hydrogen-bond acceptors (Lipinski definition) is 3. The Kier molecular flexibility index (Phi) is 7.38. The lowest BCUT2D eigenvalue weighted by atomic mass is 10.1. The number of aryl methyl sites for hydroxylation is 1. The molecule has 0 unspecified atom stereocenters. The Morgan fingerprint density at radius 2 is 1.40 bits per heavy atom. The molecule has 5 nitrogen and oxygen atoms in total. The van der Waals surface area contributed by atoms with E-state index in [2.05, 4.69) is 15.8 Å². The number of nitrogens with one attached hydrogen (secondary N) is 2. The van der Waals surface area contributed by atoms with Crippen molar-refractivity contribution in [2.24, 2.45) is 5.10 Å². The second-order valence-electron chi connectivity index (χ2n) is 5.77. The molecule has 0 saturated heterocycles. The van der Waals surface area contributed by atoms with Crippen LogP contribution in [-0.4, -0.2) is 24.1 Å². The van der Waals surface area contributed by atoms with Crippen molar-refractivity contribution < 1.29 is 9.59 Å². The van der Waals surface area contributed by atoms with Crippen molar-refractivity contribution in [3.63, 3.8) is 0 Å². The number of nitrogens with zero attached hydrogens (tertiary/aromatic N) is 1. The van der Waals surface area contributed by atoms with E-state index in [4.69, 9.17) is 0 Å². The maximum Gasteiger partial charge on any atom is 0.329 e. The van der Waals surface area contributed by atoms with Crippen LogP contribution in [0.25, 0.3) is 0 Å². The third-order valence-electron chi connectivity index (χ3n) is 3.71. The standard InChI is InChI=1S/C20H23N3O2/c1-16(12-13-17-8-4-2-5-9-17)22-23-20(25)19(24)21-15-14-18-10-6-3-7-11-18/h2-11H,12-15H2,1H3,(H,21,24)(H,23,25)/b22-16-. The number of carbonyl (C=O) groups excluding carboxylic acids is 2. The SMILES string of the molecule is C/C(CCc1ccccc1)=N/NC(=O)C(=O)NCCc1ccccc1. The van der Waals surface area contributed by atoms with Gasteiger partial charge in [0.2, 0.25) is 0 Å². The van der Waals surface area contributed by atoms with Crippen LogP contribution in [0.3, 0.4) is 0 Å². The summed E-state index contributed by atoms with van der Waals surface area (Å²) in [5.74, 6) is -1.41. The van der Waals surface area contributed by atoms with E-state index in [-0.39, 0.29) is 0 Å². The Balaban J connectivity index is 1.68. The molecule has 0 radical (unpaired) electrons. The predicted molar refractivity (Wildman–Crippen MR) is 99.2 cm³/mol. The zero-order chi connectivity index (χ0) is 17.9. The zero-order valence-corrected chi connectivity index (χ0v) is 14.4. The molecule has 0 saturated carbocycles. The van der Waals surface area contributed by atoms with E-state index in [0.29, 0.717) is 13.0 Å². The van der Waals surface area contributed by atoms with Gasteiger partial charge in [0.15, 0.2) is 0 Å². The number of hydrazone groups is 1. The van der Waals surface area contributed by atoms with Gasteiger partial charge < -0.3 is 5.32 Å². The first-order valence-corrected chi connectivity index (χ1v) is 8.34. The summed E-state index contributed by atoms with van der Waals surface area (Å²) in [6.07, 6.45) is 2.24. The minimum absolute atomic E-state index is 0.410. The van der Waals surface area contributed by atoms with Gasteiger partial charge in [0.1, 0.15) is 0 Å². The predicted octanol–water partition coefficient (Wildman–Crippen LogP) is 2.47. The average Bonchev–Trinajstić information content (AvgIpc) is 2.66. The topological polar surface area (TPSA) is 70.6 Å². The lowest BCUT2D eigenvalue weighted by molar-refractivity contribution is -0.139. The normalized spacial score (nSPS) is 11.0. The third kappa shape index (κ3) is 6.99. The monoisotopic (exact) mass is 337 g/mol. The molecule has 5 heteroatoms. The molecule has 2 aromatic rings. The smallest absolute Gasteiger partial charge is 0.329 e. The second kappa shape index (κ2) is 10.0. The van der Waals surface area contributed by atoms with Crippen molar-refractivity contribution in [1.82, 2.24) is 10.7 Å². The van der Waals surface area contributed by atoms with Crippen LogP contribution in [0, 0.1) is 0 Å². The summed E-state index contributed by atoms with van der Waals surface area (Å²) in [5.41, 5.74) is 5.40. The Morgan fingerprint density at radius 1 is 0.840 bits per heavy atom. The van der Waals surface area contributed by atoms with Crippen molar-refractivity contribution in [2.75, 3.05) is 6.54 Å². The van der Waals surface area contributed by atoms with E-state index in [9.17, 15) is 9.59 Å². The molecule has 0 spiro atoms. The fourth-order valence-electron chi connectivity index (χ4n) is 2.27. The van der Waals surface area contributed by atoms with Gasteiger partial charge in [-0.1, -0.05) is 60.7 Å². The van der Waals surface area contributed by atoms with Crippen molar-refractivity contribution >= 4 is 17.5 Å². The highest BCUT2D eigenvalue weighted by Crippen LogP contribution is 2.03. The van der Waals surface area contributed by atoms with E-state index < -0.39 is 11.8 Å². The molecule has 2 N–H and O–H groups in total. The number of benzene rings is 2. The number of carbonyl (C=O) groups is 2. The van der Waals surface area contributed by atoms with Crippen LogP contribution in [0.5, 0.6) is 0 Å². The maximum atomic E-state index is 11.7. The molecule has 0 aliphatic carbocycles. The fourth-order valence-corrected chi connectivity index (χ4v) is 2.27. The molecular weight excluding hydrogens is 314 g/mol. The third-order valence-corrected chi connectivity index (χ3v) is 3.71. The molecular formula is C20H23N3O2. The summed E-state index contributed by atoms with van der Waals surface area (Å²) in [6.45, 7) is 2.24. The summed E-state index contributed by atoms with van der Waals surface area (Å²) in [4.78, 5) is 23.5. The lowest BCUT2D eigenvalue weighted by Gasteiger charge is -2.05. The Hall–Kier alpha value is -2.95. The second-order valence-corrected chi connectivity index (χ2v) is 5.77.